The molecule has 7 heteroatoms. The molecule has 3 aromatic rings. The number of hydrogen-bond acceptors (Lipinski definition) is 6. The summed E-state index contributed by atoms with van der Waals surface area (Å²) in [5.41, 5.74) is 2.35. The van der Waals surface area contributed by atoms with E-state index < -0.39 is 0 Å². The number of amides is 1. The van der Waals surface area contributed by atoms with Gasteiger partial charge in [-0.05, 0) is 49.2 Å². The molecule has 142 valence electrons. The zero-order valence-electron chi connectivity index (χ0n) is 15.4. The van der Waals surface area contributed by atoms with E-state index in [1.807, 2.05) is 36.4 Å². The summed E-state index contributed by atoms with van der Waals surface area (Å²) in [6.45, 7) is 1.99. The highest BCUT2D eigenvalue weighted by Gasteiger charge is 2.14. The summed E-state index contributed by atoms with van der Waals surface area (Å²) in [6.07, 6.45) is 5.63. The Hall–Kier alpha value is -3.48. The maximum Gasteiger partial charge on any atom is 0.262 e. The minimum atomic E-state index is -0.239. The second-order valence-corrected chi connectivity index (χ2v) is 6.58. The van der Waals surface area contributed by atoms with Crippen molar-refractivity contribution in [3.63, 3.8) is 0 Å². The lowest BCUT2D eigenvalue weighted by molar-refractivity contribution is -0.118. The molecule has 0 unspecified atom stereocenters. The zero-order valence-corrected chi connectivity index (χ0v) is 15.4. The predicted octanol–water partition coefficient (Wildman–Crippen LogP) is 3.16. The molecule has 1 fully saturated rings. The quantitative estimate of drug-likeness (QED) is 0.713. The molecule has 1 saturated heterocycles. The van der Waals surface area contributed by atoms with Crippen molar-refractivity contribution in [2.75, 3.05) is 29.9 Å². The molecule has 7 nitrogen and oxygen atoms in total. The SMILES string of the molecule is O=C(COc1cccnc1)Nc1cccc(-c2ccc(N3CCCC3)nn2)c1. The lowest BCUT2D eigenvalue weighted by Crippen LogP contribution is -2.20. The van der Waals surface area contributed by atoms with Crippen LogP contribution in [0.2, 0.25) is 0 Å². The number of hydrogen-bond donors (Lipinski definition) is 1. The first-order valence-corrected chi connectivity index (χ1v) is 9.30. The summed E-state index contributed by atoms with van der Waals surface area (Å²) < 4.78 is 5.42. The van der Waals surface area contributed by atoms with E-state index in [4.69, 9.17) is 4.74 Å². The van der Waals surface area contributed by atoms with Gasteiger partial charge in [0.2, 0.25) is 0 Å². The number of rotatable bonds is 6. The summed E-state index contributed by atoms with van der Waals surface area (Å²) in [7, 11) is 0. The maximum absolute atomic E-state index is 12.1. The third-order valence-corrected chi connectivity index (χ3v) is 4.53. The number of nitrogens with one attached hydrogen (secondary N) is 1. The monoisotopic (exact) mass is 375 g/mol. The van der Waals surface area contributed by atoms with E-state index in [-0.39, 0.29) is 12.5 Å². The van der Waals surface area contributed by atoms with E-state index in [2.05, 4.69) is 25.4 Å². The molecule has 1 aliphatic heterocycles. The van der Waals surface area contributed by atoms with Gasteiger partial charge in [0, 0.05) is 30.5 Å². The Kier molecular flexibility index (Phi) is 5.42. The normalized spacial score (nSPS) is 13.4. The Balaban J connectivity index is 1.39. The minimum absolute atomic E-state index is 0.0831. The molecule has 0 aliphatic carbocycles. The van der Waals surface area contributed by atoms with Gasteiger partial charge in [-0.1, -0.05) is 12.1 Å². The van der Waals surface area contributed by atoms with Crippen LogP contribution in [0.4, 0.5) is 11.5 Å². The second kappa shape index (κ2) is 8.47. The number of benzene rings is 1. The highest BCUT2D eigenvalue weighted by atomic mass is 16.5. The van der Waals surface area contributed by atoms with Gasteiger partial charge in [0.15, 0.2) is 12.4 Å². The van der Waals surface area contributed by atoms with Gasteiger partial charge in [-0.3, -0.25) is 9.78 Å². The fourth-order valence-electron chi connectivity index (χ4n) is 3.13. The molecule has 1 amide bonds. The van der Waals surface area contributed by atoms with Crippen LogP contribution in [0.3, 0.4) is 0 Å². The summed E-state index contributed by atoms with van der Waals surface area (Å²) in [5.74, 6) is 1.23. The molecule has 3 heterocycles. The van der Waals surface area contributed by atoms with E-state index in [0.29, 0.717) is 11.4 Å². The van der Waals surface area contributed by atoms with Crippen LogP contribution in [0.15, 0.2) is 60.9 Å². The number of ether oxygens (including phenoxy) is 1. The van der Waals surface area contributed by atoms with Gasteiger partial charge in [-0.25, -0.2) is 0 Å². The smallest absolute Gasteiger partial charge is 0.262 e. The summed E-state index contributed by atoms with van der Waals surface area (Å²) in [4.78, 5) is 18.3. The van der Waals surface area contributed by atoms with Crippen LogP contribution in [0, 0.1) is 0 Å². The molecule has 4 rings (SSSR count). The molecular weight excluding hydrogens is 354 g/mol. The first-order valence-electron chi connectivity index (χ1n) is 9.30. The number of carbonyl (C=O) groups is 1. The minimum Gasteiger partial charge on any atom is -0.482 e. The van der Waals surface area contributed by atoms with Crippen LogP contribution in [0.25, 0.3) is 11.3 Å². The van der Waals surface area contributed by atoms with Crippen molar-refractivity contribution < 1.29 is 9.53 Å². The second-order valence-electron chi connectivity index (χ2n) is 6.58. The van der Waals surface area contributed by atoms with E-state index in [9.17, 15) is 4.79 Å². The number of aromatic nitrogens is 3. The van der Waals surface area contributed by atoms with Gasteiger partial charge in [-0.2, -0.15) is 0 Å². The molecule has 0 atom stereocenters. The lowest BCUT2D eigenvalue weighted by atomic mass is 10.1. The van der Waals surface area contributed by atoms with Crippen LogP contribution in [0.1, 0.15) is 12.8 Å². The first kappa shape index (κ1) is 17.9. The van der Waals surface area contributed by atoms with Gasteiger partial charge in [-0.15, -0.1) is 10.2 Å². The van der Waals surface area contributed by atoms with E-state index in [0.717, 1.165) is 30.2 Å². The summed E-state index contributed by atoms with van der Waals surface area (Å²) in [5, 5.41) is 11.5. The van der Waals surface area contributed by atoms with Crippen molar-refractivity contribution in [1.29, 1.82) is 0 Å². The van der Waals surface area contributed by atoms with Crippen LogP contribution < -0.4 is 15.0 Å². The van der Waals surface area contributed by atoms with Crippen molar-refractivity contribution in [3.05, 3.63) is 60.9 Å². The van der Waals surface area contributed by atoms with Crippen LogP contribution in [-0.2, 0) is 4.79 Å². The van der Waals surface area contributed by atoms with Gasteiger partial charge in [0.1, 0.15) is 5.75 Å². The zero-order chi connectivity index (χ0) is 19.2. The van der Waals surface area contributed by atoms with Crippen molar-refractivity contribution in [2.45, 2.75) is 12.8 Å². The molecule has 0 radical (unpaired) electrons. The highest BCUT2D eigenvalue weighted by Crippen LogP contribution is 2.23. The van der Waals surface area contributed by atoms with E-state index in [1.54, 1.807) is 24.5 Å². The van der Waals surface area contributed by atoms with Gasteiger partial charge in [0.25, 0.3) is 5.91 Å². The lowest BCUT2D eigenvalue weighted by Gasteiger charge is -2.15. The highest BCUT2D eigenvalue weighted by molar-refractivity contribution is 5.92. The first-order chi connectivity index (χ1) is 13.8. The summed E-state index contributed by atoms with van der Waals surface area (Å²) >= 11 is 0. The fourth-order valence-corrected chi connectivity index (χ4v) is 3.13. The number of pyridine rings is 1. The number of carbonyl (C=O) groups excluding carboxylic acids is 1. The maximum atomic E-state index is 12.1. The fraction of sp³-hybridized carbons (Fsp3) is 0.238. The molecule has 1 N–H and O–H groups in total. The van der Waals surface area contributed by atoms with E-state index in [1.165, 1.54) is 12.8 Å². The van der Waals surface area contributed by atoms with Gasteiger partial charge in [0.05, 0.1) is 11.9 Å². The molecule has 1 aromatic carbocycles. The molecule has 28 heavy (non-hydrogen) atoms. The number of anilines is 2. The van der Waals surface area contributed by atoms with Crippen LogP contribution in [-0.4, -0.2) is 40.8 Å². The molecule has 2 aromatic heterocycles. The largest absolute Gasteiger partial charge is 0.482 e. The standard InChI is InChI=1S/C21H21N5O2/c27-21(15-28-18-7-4-10-22-14-18)23-17-6-3-5-16(13-17)19-8-9-20(25-24-19)26-11-1-2-12-26/h3-10,13-14H,1-2,11-12,15H2,(H,23,27). The Morgan fingerprint density at radius 1 is 1.07 bits per heavy atom. The van der Waals surface area contributed by atoms with Gasteiger partial charge < -0.3 is 15.0 Å². The average Bonchev–Trinajstić information content (AvgIpc) is 3.28. The third-order valence-electron chi connectivity index (χ3n) is 4.53. The summed E-state index contributed by atoms with van der Waals surface area (Å²) in [6, 6.07) is 15.0. The Labute approximate surface area is 163 Å². The molecular formula is C21H21N5O2. The van der Waals surface area contributed by atoms with Crippen molar-refractivity contribution in [3.8, 4) is 17.0 Å². The Morgan fingerprint density at radius 2 is 1.96 bits per heavy atom. The van der Waals surface area contributed by atoms with Gasteiger partial charge >= 0.3 is 0 Å². The molecule has 0 spiro atoms. The average molecular weight is 375 g/mol. The van der Waals surface area contributed by atoms with Crippen molar-refractivity contribution in [2.24, 2.45) is 0 Å². The van der Waals surface area contributed by atoms with Crippen molar-refractivity contribution in [1.82, 2.24) is 15.2 Å². The Morgan fingerprint density at radius 3 is 2.71 bits per heavy atom. The molecule has 0 bridgehead atoms. The predicted molar refractivity (Wildman–Crippen MR) is 107 cm³/mol. The van der Waals surface area contributed by atoms with Crippen LogP contribution in [0.5, 0.6) is 5.75 Å². The molecule has 0 saturated carbocycles. The number of nitrogens with zero attached hydrogens (tertiary/aromatic N) is 4. The Bertz CT molecular complexity index is 925. The van der Waals surface area contributed by atoms with Crippen LogP contribution >= 0.6 is 0 Å². The van der Waals surface area contributed by atoms with Crippen molar-refractivity contribution >= 4 is 17.4 Å². The van der Waals surface area contributed by atoms with E-state index >= 15 is 0 Å². The topological polar surface area (TPSA) is 80.2 Å². The molecule has 1 aliphatic rings. The third kappa shape index (κ3) is 4.43.